The Bertz CT molecular complexity index is 553. The third kappa shape index (κ3) is 2.22. The van der Waals surface area contributed by atoms with Crippen LogP contribution in [0.3, 0.4) is 0 Å². The van der Waals surface area contributed by atoms with Crippen LogP contribution in [-0.2, 0) is 0 Å². The molecule has 2 aromatic rings. The highest BCUT2D eigenvalue weighted by Crippen LogP contribution is 2.27. The quantitative estimate of drug-likeness (QED) is 0.772. The second-order valence-corrected chi connectivity index (χ2v) is 3.81. The molecular formula is C10H6ClFN2S. The van der Waals surface area contributed by atoms with Gasteiger partial charge in [0.15, 0.2) is 0 Å². The Kier molecular flexibility index (Phi) is 2.79. The summed E-state index contributed by atoms with van der Waals surface area (Å²) >= 11 is 10.8. The molecule has 1 N–H and O–H groups in total. The molecule has 0 saturated carbocycles. The van der Waals surface area contributed by atoms with Crippen LogP contribution in [0.4, 0.5) is 4.39 Å². The second-order valence-electron chi connectivity index (χ2n) is 2.96. The number of hydrogen-bond donors (Lipinski definition) is 1. The van der Waals surface area contributed by atoms with E-state index in [2.05, 4.69) is 10.2 Å². The Morgan fingerprint density at radius 1 is 1.33 bits per heavy atom. The molecule has 0 unspecified atom stereocenters. The van der Waals surface area contributed by atoms with Crippen molar-refractivity contribution in [1.82, 2.24) is 10.2 Å². The lowest BCUT2D eigenvalue weighted by atomic mass is 10.1. The predicted octanol–water partition coefficient (Wildman–Crippen LogP) is 3.60. The van der Waals surface area contributed by atoms with Crippen LogP contribution in [0.2, 0.25) is 5.02 Å². The fraction of sp³-hybridized carbons (Fsp3) is 0. The highest BCUT2D eigenvalue weighted by atomic mass is 35.5. The van der Waals surface area contributed by atoms with Crippen LogP contribution in [0.1, 0.15) is 0 Å². The van der Waals surface area contributed by atoms with Gasteiger partial charge < -0.3 is 0 Å². The van der Waals surface area contributed by atoms with Gasteiger partial charge in [-0.25, -0.2) is 4.39 Å². The summed E-state index contributed by atoms with van der Waals surface area (Å²) in [4.78, 5) is 0. The Hall–Kier alpha value is -1.26. The lowest BCUT2D eigenvalue weighted by Gasteiger charge is -2.03. The smallest absolute Gasteiger partial charge is 0.124 e. The summed E-state index contributed by atoms with van der Waals surface area (Å²) in [5, 5.41) is 6.81. The molecule has 0 aliphatic carbocycles. The molecule has 0 atom stereocenters. The van der Waals surface area contributed by atoms with E-state index in [-0.39, 0.29) is 5.82 Å². The van der Waals surface area contributed by atoms with Gasteiger partial charge in [-0.15, -0.1) is 0 Å². The minimum atomic E-state index is -0.363. The maximum Gasteiger partial charge on any atom is 0.124 e. The van der Waals surface area contributed by atoms with E-state index in [0.29, 0.717) is 15.2 Å². The van der Waals surface area contributed by atoms with Crippen molar-refractivity contribution in [3.63, 3.8) is 0 Å². The molecule has 1 aromatic heterocycles. The number of benzene rings is 1. The van der Waals surface area contributed by atoms with Crippen LogP contribution in [0, 0.1) is 10.5 Å². The zero-order valence-corrected chi connectivity index (χ0v) is 9.07. The third-order valence-electron chi connectivity index (χ3n) is 1.91. The maximum atomic E-state index is 12.8. The van der Waals surface area contributed by atoms with Crippen LogP contribution in [-0.4, -0.2) is 10.2 Å². The largest absolute Gasteiger partial charge is 0.268 e. The normalized spacial score (nSPS) is 10.3. The Morgan fingerprint density at radius 3 is 2.80 bits per heavy atom. The highest BCUT2D eigenvalue weighted by Gasteiger charge is 2.04. The standard InChI is InChI=1S/C10H6ClFN2S/c11-9-4-7(12)1-2-8(9)6-3-10(15)14-13-5-6/h1-5H,(H,14,15). The lowest BCUT2D eigenvalue weighted by molar-refractivity contribution is 0.628. The van der Waals surface area contributed by atoms with Crippen LogP contribution < -0.4 is 0 Å². The van der Waals surface area contributed by atoms with Gasteiger partial charge in [0.25, 0.3) is 0 Å². The van der Waals surface area contributed by atoms with Crippen molar-refractivity contribution >= 4 is 23.8 Å². The van der Waals surface area contributed by atoms with Crippen molar-refractivity contribution < 1.29 is 4.39 Å². The SMILES string of the molecule is Fc1ccc(-c2cn[nH]c(=S)c2)c(Cl)c1. The molecule has 1 aromatic carbocycles. The van der Waals surface area contributed by atoms with Crippen LogP contribution in [0.5, 0.6) is 0 Å². The second kappa shape index (κ2) is 4.08. The van der Waals surface area contributed by atoms with Crippen molar-refractivity contribution in [1.29, 1.82) is 0 Å². The van der Waals surface area contributed by atoms with E-state index in [1.54, 1.807) is 18.3 Å². The molecule has 5 heteroatoms. The predicted molar refractivity (Wildman–Crippen MR) is 59.8 cm³/mol. The summed E-state index contributed by atoms with van der Waals surface area (Å²) < 4.78 is 13.3. The van der Waals surface area contributed by atoms with E-state index in [0.717, 1.165) is 5.56 Å². The van der Waals surface area contributed by atoms with Crippen molar-refractivity contribution in [2.24, 2.45) is 0 Å². The molecule has 0 spiro atoms. The number of aromatic amines is 1. The molecule has 0 bridgehead atoms. The molecule has 0 saturated heterocycles. The lowest BCUT2D eigenvalue weighted by Crippen LogP contribution is -1.86. The number of halogens is 2. The summed E-state index contributed by atoms with van der Waals surface area (Å²) in [6.45, 7) is 0. The zero-order valence-electron chi connectivity index (χ0n) is 7.50. The number of H-pyrrole nitrogens is 1. The molecule has 0 aliphatic rings. The van der Waals surface area contributed by atoms with E-state index in [1.807, 2.05) is 0 Å². The van der Waals surface area contributed by atoms with E-state index in [4.69, 9.17) is 23.8 Å². The number of nitrogens with one attached hydrogen (secondary N) is 1. The van der Waals surface area contributed by atoms with Gasteiger partial charge in [-0.05, 0) is 24.3 Å². The van der Waals surface area contributed by atoms with Gasteiger partial charge in [-0.3, -0.25) is 5.10 Å². The Morgan fingerprint density at radius 2 is 2.13 bits per heavy atom. The van der Waals surface area contributed by atoms with Gasteiger partial charge in [-0.1, -0.05) is 23.8 Å². The summed E-state index contributed by atoms with van der Waals surface area (Å²) in [6.07, 6.45) is 1.59. The van der Waals surface area contributed by atoms with Crippen molar-refractivity contribution in [2.75, 3.05) is 0 Å². The summed E-state index contributed by atoms with van der Waals surface area (Å²) in [6, 6.07) is 5.93. The van der Waals surface area contributed by atoms with Gasteiger partial charge in [0.2, 0.25) is 0 Å². The van der Waals surface area contributed by atoms with Gasteiger partial charge in [0, 0.05) is 11.1 Å². The maximum absolute atomic E-state index is 12.8. The molecule has 0 aliphatic heterocycles. The topological polar surface area (TPSA) is 28.7 Å². The first kappa shape index (κ1) is 10.3. The van der Waals surface area contributed by atoms with Gasteiger partial charge in [-0.2, -0.15) is 5.10 Å². The molecule has 76 valence electrons. The monoisotopic (exact) mass is 240 g/mol. The Labute approximate surface area is 95.7 Å². The minimum absolute atomic E-state index is 0.345. The fourth-order valence-corrected chi connectivity index (χ4v) is 1.70. The number of rotatable bonds is 1. The van der Waals surface area contributed by atoms with Crippen LogP contribution >= 0.6 is 23.8 Å². The van der Waals surface area contributed by atoms with E-state index < -0.39 is 0 Å². The Balaban J connectivity index is 2.59. The molecule has 2 rings (SSSR count). The van der Waals surface area contributed by atoms with Gasteiger partial charge in [0.1, 0.15) is 10.5 Å². The van der Waals surface area contributed by atoms with Gasteiger partial charge >= 0.3 is 0 Å². The fourth-order valence-electron chi connectivity index (χ4n) is 1.25. The molecule has 0 radical (unpaired) electrons. The number of nitrogens with zero attached hydrogens (tertiary/aromatic N) is 1. The first-order valence-corrected chi connectivity index (χ1v) is 4.95. The summed E-state index contributed by atoms with van der Waals surface area (Å²) in [5.74, 6) is -0.363. The minimum Gasteiger partial charge on any atom is -0.268 e. The molecule has 0 fully saturated rings. The first-order valence-electron chi connectivity index (χ1n) is 4.17. The van der Waals surface area contributed by atoms with Crippen molar-refractivity contribution in [3.8, 4) is 11.1 Å². The number of hydrogen-bond acceptors (Lipinski definition) is 2. The first-order chi connectivity index (χ1) is 7.16. The molecule has 15 heavy (non-hydrogen) atoms. The zero-order chi connectivity index (χ0) is 10.8. The molecule has 1 heterocycles. The molecule has 2 nitrogen and oxygen atoms in total. The van der Waals surface area contributed by atoms with Crippen molar-refractivity contribution in [2.45, 2.75) is 0 Å². The average Bonchev–Trinajstić information content (AvgIpc) is 2.17. The van der Waals surface area contributed by atoms with Gasteiger partial charge in [0.05, 0.1) is 11.2 Å². The average molecular weight is 241 g/mol. The molecular weight excluding hydrogens is 235 g/mol. The third-order valence-corrected chi connectivity index (χ3v) is 2.43. The van der Waals surface area contributed by atoms with Crippen LogP contribution in [0.15, 0.2) is 30.5 Å². The number of aromatic nitrogens is 2. The van der Waals surface area contributed by atoms with E-state index in [1.165, 1.54) is 12.1 Å². The molecule has 0 amide bonds. The summed E-state index contributed by atoms with van der Waals surface area (Å²) in [7, 11) is 0. The van der Waals surface area contributed by atoms with Crippen molar-refractivity contribution in [3.05, 3.63) is 45.9 Å². The van der Waals surface area contributed by atoms with Crippen LogP contribution in [0.25, 0.3) is 11.1 Å². The summed E-state index contributed by atoms with van der Waals surface area (Å²) in [5.41, 5.74) is 1.48. The van der Waals surface area contributed by atoms with E-state index >= 15 is 0 Å². The van der Waals surface area contributed by atoms with E-state index in [9.17, 15) is 4.39 Å². The highest BCUT2D eigenvalue weighted by molar-refractivity contribution is 7.71.